The Balaban J connectivity index is 1.96. The van der Waals surface area contributed by atoms with Crippen LogP contribution < -0.4 is 5.73 Å². The van der Waals surface area contributed by atoms with E-state index in [-0.39, 0.29) is 0 Å². The summed E-state index contributed by atoms with van der Waals surface area (Å²) in [4.78, 5) is 0. The van der Waals surface area contributed by atoms with E-state index in [0.29, 0.717) is 0 Å². The molecule has 120 valence electrons. The Bertz CT molecular complexity index is 989. The first-order valence-electron chi connectivity index (χ1n) is 8.43. The third-order valence-electron chi connectivity index (χ3n) is 4.43. The largest absolute Gasteiger partial charge is 0.399 e. The van der Waals surface area contributed by atoms with Crippen molar-refractivity contribution in [2.75, 3.05) is 5.73 Å². The van der Waals surface area contributed by atoms with E-state index in [1.54, 1.807) is 0 Å². The molecule has 2 N–H and O–H groups in total. The van der Waals surface area contributed by atoms with Crippen LogP contribution in [0.5, 0.6) is 0 Å². The van der Waals surface area contributed by atoms with Gasteiger partial charge in [-0.2, -0.15) is 0 Å². The maximum absolute atomic E-state index is 6.09. The fraction of sp³-hybridized carbons (Fsp3) is 0. The first-order chi connectivity index (χ1) is 12.3. The number of hydrogen-bond acceptors (Lipinski definition) is 1. The van der Waals surface area contributed by atoms with Crippen LogP contribution >= 0.6 is 0 Å². The minimum absolute atomic E-state index is 0.778. The van der Waals surface area contributed by atoms with Crippen molar-refractivity contribution < 1.29 is 0 Å². The fourth-order valence-corrected chi connectivity index (χ4v) is 3.24. The van der Waals surface area contributed by atoms with Crippen molar-refractivity contribution in [2.45, 2.75) is 0 Å². The standard InChI is InChI=1S/C24H19N/c25-20-15-16-23(24(17-20)19-11-5-2-6-12-19)22-14-8-7-13-21(22)18-9-3-1-4-10-18/h1-17H,25H2. The summed E-state index contributed by atoms with van der Waals surface area (Å²) in [6.07, 6.45) is 0. The van der Waals surface area contributed by atoms with Gasteiger partial charge in [-0.25, -0.2) is 0 Å². The first-order valence-corrected chi connectivity index (χ1v) is 8.43. The minimum Gasteiger partial charge on any atom is -0.399 e. The molecule has 0 aliphatic rings. The summed E-state index contributed by atoms with van der Waals surface area (Å²) in [5, 5.41) is 0. The summed E-state index contributed by atoms with van der Waals surface area (Å²) in [5.41, 5.74) is 14.1. The molecule has 0 heterocycles. The normalized spacial score (nSPS) is 10.6. The number of nitrogen functional groups attached to an aromatic ring is 1. The van der Waals surface area contributed by atoms with Crippen molar-refractivity contribution in [3.63, 3.8) is 0 Å². The molecule has 0 aliphatic heterocycles. The Labute approximate surface area is 148 Å². The van der Waals surface area contributed by atoms with Crippen molar-refractivity contribution in [1.29, 1.82) is 0 Å². The molecular weight excluding hydrogens is 302 g/mol. The van der Waals surface area contributed by atoms with Gasteiger partial charge in [-0.15, -0.1) is 0 Å². The molecule has 0 aliphatic carbocycles. The Morgan fingerprint density at radius 1 is 0.400 bits per heavy atom. The molecule has 0 atom stereocenters. The second-order valence-corrected chi connectivity index (χ2v) is 6.08. The van der Waals surface area contributed by atoms with Crippen LogP contribution in [0.1, 0.15) is 0 Å². The zero-order valence-corrected chi connectivity index (χ0v) is 13.9. The lowest BCUT2D eigenvalue weighted by atomic mass is 9.89. The van der Waals surface area contributed by atoms with Gasteiger partial charge < -0.3 is 5.73 Å². The summed E-state index contributed by atoms with van der Waals surface area (Å²) in [6.45, 7) is 0. The van der Waals surface area contributed by atoms with Crippen LogP contribution in [0.4, 0.5) is 5.69 Å². The van der Waals surface area contributed by atoms with Gasteiger partial charge in [0.15, 0.2) is 0 Å². The molecule has 0 radical (unpaired) electrons. The van der Waals surface area contributed by atoms with E-state index >= 15 is 0 Å². The lowest BCUT2D eigenvalue weighted by Crippen LogP contribution is -1.92. The molecule has 25 heavy (non-hydrogen) atoms. The van der Waals surface area contributed by atoms with E-state index < -0.39 is 0 Å². The van der Waals surface area contributed by atoms with Gasteiger partial charge in [-0.3, -0.25) is 0 Å². The highest BCUT2D eigenvalue weighted by Gasteiger charge is 2.12. The van der Waals surface area contributed by atoms with E-state index in [1.807, 2.05) is 18.2 Å². The smallest absolute Gasteiger partial charge is 0.0320 e. The summed E-state index contributed by atoms with van der Waals surface area (Å²) >= 11 is 0. The number of anilines is 1. The molecule has 0 fully saturated rings. The van der Waals surface area contributed by atoms with Crippen molar-refractivity contribution in [2.24, 2.45) is 0 Å². The molecule has 4 rings (SSSR count). The van der Waals surface area contributed by atoms with Gasteiger partial charge in [-0.1, -0.05) is 91.0 Å². The topological polar surface area (TPSA) is 26.0 Å². The first kappa shape index (κ1) is 15.2. The maximum atomic E-state index is 6.09. The van der Waals surface area contributed by atoms with Crippen LogP contribution in [0.25, 0.3) is 33.4 Å². The van der Waals surface area contributed by atoms with Gasteiger partial charge in [-0.05, 0) is 45.5 Å². The highest BCUT2D eigenvalue weighted by molar-refractivity contribution is 5.92. The van der Waals surface area contributed by atoms with Gasteiger partial charge in [0, 0.05) is 5.69 Å². The minimum atomic E-state index is 0.778. The number of benzene rings is 4. The van der Waals surface area contributed by atoms with Gasteiger partial charge >= 0.3 is 0 Å². The van der Waals surface area contributed by atoms with Crippen LogP contribution in [0.3, 0.4) is 0 Å². The molecule has 4 aromatic rings. The zero-order valence-electron chi connectivity index (χ0n) is 13.9. The maximum Gasteiger partial charge on any atom is 0.0320 e. The molecule has 0 saturated heterocycles. The molecule has 1 nitrogen and oxygen atoms in total. The fourth-order valence-electron chi connectivity index (χ4n) is 3.24. The lowest BCUT2D eigenvalue weighted by molar-refractivity contribution is 1.56. The van der Waals surface area contributed by atoms with Crippen molar-refractivity contribution >= 4 is 5.69 Å². The third kappa shape index (κ3) is 3.05. The number of nitrogens with two attached hydrogens (primary N) is 1. The van der Waals surface area contributed by atoms with Gasteiger partial charge in [0.05, 0.1) is 0 Å². The van der Waals surface area contributed by atoms with Gasteiger partial charge in [0.1, 0.15) is 0 Å². The second-order valence-electron chi connectivity index (χ2n) is 6.08. The molecular formula is C24H19N. The molecule has 1 heteroatoms. The average Bonchev–Trinajstić information content (AvgIpc) is 2.69. The van der Waals surface area contributed by atoms with Crippen LogP contribution in [0.2, 0.25) is 0 Å². The average molecular weight is 321 g/mol. The molecule has 0 amide bonds. The Morgan fingerprint density at radius 2 is 0.880 bits per heavy atom. The third-order valence-corrected chi connectivity index (χ3v) is 4.43. The van der Waals surface area contributed by atoms with Crippen molar-refractivity contribution in [1.82, 2.24) is 0 Å². The van der Waals surface area contributed by atoms with Crippen molar-refractivity contribution in [3.05, 3.63) is 103 Å². The van der Waals surface area contributed by atoms with E-state index in [9.17, 15) is 0 Å². The molecule has 0 bridgehead atoms. The van der Waals surface area contributed by atoms with E-state index in [2.05, 4.69) is 84.9 Å². The van der Waals surface area contributed by atoms with E-state index in [0.717, 1.165) is 11.3 Å². The van der Waals surface area contributed by atoms with E-state index in [1.165, 1.54) is 27.8 Å². The Hall–Kier alpha value is -3.32. The summed E-state index contributed by atoms with van der Waals surface area (Å²) in [5.74, 6) is 0. The van der Waals surface area contributed by atoms with Gasteiger partial charge in [0.25, 0.3) is 0 Å². The molecule has 0 aromatic heterocycles. The van der Waals surface area contributed by atoms with E-state index in [4.69, 9.17) is 5.73 Å². The van der Waals surface area contributed by atoms with Crippen LogP contribution in [-0.4, -0.2) is 0 Å². The number of hydrogen-bond donors (Lipinski definition) is 1. The SMILES string of the molecule is Nc1ccc(-c2ccccc2-c2ccccc2)c(-c2ccccc2)c1. The highest BCUT2D eigenvalue weighted by atomic mass is 14.5. The zero-order chi connectivity index (χ0) is 17.1. The van der Waals surface area contributed by atoms with Crippen LogP contribution in [0.15, 0.2) is 103 Å². The van der Waals surface area contributed by atoms with Crippen LogP contribution in [0, 0.1) is 0 Å². The van der Waals surface area contributed by atoms with Crippen molar-refractivity contribution in [3.8, 4) is 33.4 Å². The molecule has 0 spiro atoms. The Morgan fingerprint density at radius 3 is 1.52 bits per heavy atom. The number of rotatable bonds is 3. The lowest BCUT2D eigenvalue weighted by Gasteiger charge is -2.15. The summed E-state index contributed by atoms with van der Waals surface area (Å²) < 4.78 is 0. The monoisotopic (exact) mass is 321 g/mol. The predicted molar refractivity (Wildman–Crippen MR) is 107 cm³/mol. The summed E-state index contributed by atoms with van der Waals surface area (Å²) in [6, 6.07) is 35.6. The van der Waals surface area contributed by atoms with Gasteiger partial charge in [0.2, 0.25) is 0 Å². The quantitative estimate of drug-likeness (QED) is 0.442. The molecule has 4 aromatic carbocycles. The predicted octanol–water partition coefficient (Wildman–Crippen LogP) is 6.27. The highest BCUT2D eigenvalue weighted by Crippen LogP contribution is 2.38. The van der Waals surface area contributed by atoms with Crippen LogP contribution in [-0.2, 0) is 0 Å². The Kier molecular flexibility index (Phi) is 4.05. The second kappa shape index (κ2) is 6.66. The molecule has 0 unspecified atom stereocenters. The molecule has 0 saturated carbocycles. The summed E-state index contributed by atoms with van der Waals surface area (Å²) in [7, 11) is 0.